The van der Waals surface area contributed by atoms with Crippen LogP contribution in [0.2, 0.25) is 0 Å². The monoisotopic (exact) mass is 278 g/mol. The smallest absolute Gasteiger partial charge is 0.319 e. The number of hydrogen-bond acceptors (Lipinski definition) is 2. The SMILES string of the molecule is CCOc1cccc(NC(=O)NC(C)CCC(C)C)c1. The molecule has 4 nitrogen and oxygen atoms in total. The van der Waals surface area contributed by atoms with Crippen molar-refractivity contribution in [3.05, 3.63) is 24.3 Å². The molecule has 0 saturated carbocycles. The molecule has 0 aliphatic rings. The molecule has 1 aromatic carbocycles. The first-order valence-electron chi connectivity index (χ1n) is 7.31. The van der Waals surface area contributed by atoms with Gasteiger partial charge in [0.2, 0.25) is 0 Å². The van der Waals surface area contributed by atoms with Crippen molar-refractivity contribution in [3.63, 3.8) is 0 Å². The molecule has 0 fully saturated rings. The van der Waals surface area contributed by atoms with Gasteiger partial charge in [0, 0.05) is 17.8 Å². The minimum absolute atomic E-state index is 0.171. The zero-order chi connectivity index (χ0) is 15.0. The molecule has 112 valence electrons. The van der Waals surface area contributed by atoms with E-state index in [1.807, 2.05) is 38.1 Å². The summed E-state index contributed by atoms with van der Waals surface area (Å²) < 4.78 is 5.40. The Morgan fingerprint density at radius 3 is 2.65 bits per heavy atom. The Morgan fingerprint density at radius 2 is 2.00 bits per heavy atom. The highest BCUT2D eigenvalue weighted by atomic mass is 16.5. The number of anilines is 1. The number of rotatable bonds is 7. The Kier molecular flexibility index (Phi) is 6.91. The van der Waals surface area contributed by atoms with E-state index in [1.165, 1.54) is 0 Å². The largest absolute Gasteiger partial charge is 0.494 e. The van der Waals surface area contributed by atoms with E-state index in [4.69, 9.17) is 4.74 Å². The fourth-order valence-electron chi connectivity index (χ4n) is 1.88. The number of hydrogen-bond donors (Lipinski definition) is 2. The standard InChI is InChI=1S/C16H26N2O2/c1-5-20-15-8-6-7-14(11-15)18-16(19)17-13(4)10-9-12(2)3/h6-8,11-13H,5,9-10H2,1-4H3,(H2,17,18,19). The highest BCUT2D eigenvalue weighted by Gasteiger charge is 2.08. The van der Waals surface area contributed by atoms with Gasteiger partial charge < -0.3 is 15.4 Å². The summed E-state index contributed by atoms with van der Waals surface area (Å²) >= 11 is 0. The van der Waals surface area contributed by atoms with Crippen LogP contribution >= 0.6 is 0 Å². The van der Waals surface area contributed by atoms with Crippen LogP contribution in [0, 0.1) is 5.92 Å². The molecule has 0 bridgehead atoms. The number of amides is 2. The Bertz CT molecular complexity index is 419. The maximum atomic E-state index is 11.9. The van der Waals surface area contributed by atoms with Crippen LogP contribution < -0.4 is 15.4 Å². The van der Waals surface area contributed by atoms with Gasteiger partial charge >= 0.3 is 6.03 Å². The van der Waals surface area contributed by atoms with E-state index in [0.29, 0.717) is 12.5 Å². The molecule has 0 aliphatic heterocycles. The topological polar surface area (TPSA) is 50.4 Å². The Labute approximate surface area is 121 Å². The first-order valence-corrected chi connectivity index (χ1v) is 7.31. The summed E-state index contributed by atoms with van der Waals surface area (Å²) in [7, 11) is 0. The maximum absolute atomic E-state index is 11.9. The quantitative estimate of drug-likeness (QED) is 0.791. The molecule has 0 heterocycles. The normalized spacial score (nSPS) is 12.1. The summed E-state index contributed by atoms with van der Waals surface area (Å²) in [6.07, 6.45) is 2.10. The summed E-state index contributed by atoms with van der Waals surface area (Å²) in [5.74, 6) is 1.42. The van der Waals surface area contributed by atoms with Gasteiger partial charge in [-0.15, -0.1) is 0 Å². The predicted molar refractivity (Wildman–Crippen MR) is 83.3 cm³/mol. The Hall–Kier alpha value is -1.71. The highest BCUT2D eigenvalue weighted by molar-refractivity contribution is 5.89. The lowest BCUT2D eigenvalue weighted by Crippen LogP contribution is -2.36. The molecule has 0 saturated heterocycles. The minimum atomic E-state index is -0.171. The third kappa shape index (κ3) is 6.45. The van der Waals surface area contributed by atoms with Crippen molar-refractivity contribution in [2.45, 2.75) is 46.6 Å². The second-order valence-corrected chi connectivity index (χ2v) is 5.43. The van der Waals surface area contributed by atoms with Crippen molar-refractivity contribution < 1.29 is 9.53 Å². The van der Waals surface area contributed by atoms with Crippen molar-refractivity contribution in [3.8, 4) is 5.75 Å². The fourth-order valence-corrected chi connectivity index (χ4v) is 1.88. The second kappa shape index (κ2) is 8.46. The van der Waals surface area contributed by atoms with Crippen LogP contribution in [-0.4, -0.2) is 18.7 Å². The van der Waals surface area contributed by atoms with E-state index in [2.05, 4.69) is 24.5 Å². The van der Waals surface area contributed by atoms with Gasteiger partial charge in [0.15, 0.2) is 0 Å². The molecule has 1 rings (SSSR count). The van der Waals surface area contributed by atoms with Gasteiger partial charge in [0.1, 0.15) is 5.75 Å². The first-order chi connectivity index (χ1) is 9.51. The highest BCUT2D eigenvalue weighted by Crippen LogP contribution is 2.17. The van der Waals surface area contributed by atoms with Crippen molar-refractivity contribution in [2.24, 2.45) is 5.92 Å². The third-order valence-corrected chi connectivity index (χ3v) is 2.96. The van der Waals surface area contributed by atoms with E-state index < -0.39 is 0 Å². The number of nitrogens with one attached hydrogen (secondary N) is 2. The molecule has 2 amide bonds. The van der Waals surface area contributed by atoms with Crippen molar-refractivity contribution >= 4 is 11.7 Å². The van der Waals surface area contributed by atoms with Crippen LogP contribution in [0.4, 0.5) is 10.5 Å². The average Bonchev–Trinajstić information content (AvgIpc) is 2.37. The first kappa shape index (κ1) is 16.3. The summed E-state index contributed by atoms with van der Waals surface area (Å²) in [4.78, 5) is 11.9. The number of benzene rings is 1. The third-order valence-electron chi connectivity index (χ3n) is 2.96. The van der Waals surface area contributed by atoms with Gasteiger partial charge in [0.05, 0.1) is 6.61 Å². The van der Waals surface area contributed by atoms with Crippen LogP contribution in [0.1, 0.15) is 40.5 Å². The molecule has 1 unspecified atom stereocenters. The average molecular weight is 278 g/mol. The number of urea groups is 1. The van der Waals surface area contributed by atoms with Crippen LogP contribution in [0.25, 0.3) is 0 Å². The van der Waals surface area contributed by atoms with Crippen LogP contribution in [0.3, 0.4) is 0 Å². The fraction of sp³-hybridized carbons (Fsp3) is 0.562. The molecule has 1 aromatic rings. The molecular formula is C16H26N2O2. The number of ether oxygens (including phenoxy) is 1. The molecule has 20 heavy (non-hydrogen) atoms. The van der Waals surface area contributed by atoms with Crippen molar-refractivity contribution in [1.82, 2.24) is 5.32 Å². The molecule has 2 N–H and O–H groups in total. The lowest BCUT2D eigenvalue weighted by molar-refractivity contribution is 0.248. The molecule has 0 radical (unpaired) electrons. The van der Waals surface area contributed by atoms with Gasteiger partial charge in [-0.05, 0) is 44.7 Å². The molecule has 0 spiro atoms. The molecule has 0 aliphatic carbocycles. The minimum Gasteiger partial charge on any atom is -0.494 e. The summed E-state index contributed by atoms with van der Waals surface area (Å²) in [6.45, 7) is 8.95. The molecule has 4 heteroatoms. The molecule has 1 atom stereocenters. The van der Waals surface area contributed by atoms with Crippen molar-refractivity contribution in [2.75, 3.05) is 11.9 Å². The number of carbonyl (C=O) groups is 1. The summed E-state index contributed by atoms with van der Waals surface area (Å²) in [5, 5.41) is 5.77. The zero-order valence-corrected chi connectivity index (χ0v) is 12.9. The Morgan fingerprint density at radius 1 is 1.25 bits per heavy atom. The molecular weight excluding hydrogens is 252 g/mol. The molecule has 0 aromatic heterocycles. The second-order valence-electron chi connectivity index (χ2n) is 5.43. The van der Waals surface area contributed by atoms with E-state index in [-0.39, 0.29) is 12.1 Å². The summed E-state index contributed by atoms with van der Waals surface area (Å²) in [5.41, 5.74) is 0.740. The van der Waals surface area contributed by atoms with Crippen LogP contribution in [0.15, 0.2) is 24.3 Å². The van der Waals surface area contributed by atoms with E-state index in [1.54, 1.807) is 0 Å². The van der Waals surface area contributed by atoms with Gasteiger partial charge in [-0.2, -0.15) is 0 Å². The van der Waals surface area contributed by atoms with Crippen LogP contribution in [0.5, 0.6) is 5.75 Å². The van der Waals surface area contributed by atoms with Crippen LogP contribution in [-0.2, 0) is 0 Å². The Balaban J connectivity index is 2.43. The number of carbonyl (C=O) groups excluding carboxylic acids is 1. The predicted octanol–water partition coefficient (Wildman–Crippen LogP) is 4.03. The van der Waals surface area contributed by atoms with Crippen molar-refractivity contribution in [1.29, 1.82) is 0 Å². The van der Waals surface area contributed by atoms with Gasteiger partial charge in [-0.3, -0.25) is 0 Å². The van der Waals surface area contributed by atoms with E-state index >= 15 is 0 Å². The van der Waals surface area contributed by atoms with E-state index in [9.17, 15) is 4.79 Å². The maximum Gasteiger partial charge on any atom is 0.319 e. The zero-order valence-electron chi connectivity index (χ0n) is 12.9. The lowest BCUT2D eigenvalue weighted by atomic mass is 10.0. The summed E-state index contributed by atoms with van der Waals surface area (Å²) in [6, 6.07) is 7.41. The van der Waals surface area contributed by atoms with E-state index in [0.717, 1.165) is 24.3 Å². The lowest BCUT2D eigenvalue weighted by Gasteiger charge is -2.16. The van der Waals surface area contributed by atoms with Gasteiger partial charge in [-0.25, -0.2) is 4.79 Å². The van der Waals surface area contributed by atoms with Gasteiger partial charge in [0.25, 0.3) is 0 Å². The van der Waals surface area contributed by atoms with Gasteiger partial charge in [-0.1, -0.05) is 19.9 Å².